The Balaban J connectivity index is 1.96. The van der Waals surface area contributed by atoms with Gasteiger partial charge in [0.1, 0.15) is 0 Å². The van der Waals surface area contributed by atoms with Crippen LogP contribution >= 0.6 is 0 Å². The summed E-state index contributed by atoms with van der Waals surface area (Å²) < 4.78 is 31.0. The van der Waals surface area contributed by atoms with E-state index in [4.69, 9.17) is 4.55 Å². The predicted molar refractivity (Wildman–Crippen MR) is 69.8 cm³/mol. The minimum Gasteiger partial charge on any atom is -0.354 e. The van der Waals surface area contributed by atoms with E-state index in [1.165, 1.54) is 12.1 Å². The third-order valence-corrected chi connectivity index (χ3v) is 3.51. The second kappa shape index (κ2) is 4.21. The van der Waals surface area contributed by atoms with Crippen molar-refractivity contribution in [2.24, 2.45) is 4.99 Å². The molecule has 4 N–H and O–H groups in total. The van der Waals surface area contributed by atoms with E-state index in [0.29, 0.717) is 29.5 Å². The lowest BCUT2D eigenvalue weighted by Gasteiger charge is -2.01. The molecule has 0 saturated carbocycles. The van der Waals surface area contributed by atoms with Crippen LogP contribution < -0.4 is 10.6 Å². The lowest BCUT2D eigenvalue weighted by Crippen LogP contribution is -2.26. The van der Waals surface area contributed by atoms with Gasteiger partial charge in [-0.15, -0.1) is 0 Å². The zero-order valence-electron chi connectivity index (χ0n) is 9.71. The number of benzene rings is 1. The van der Waals surface area contributed by atoms with E-state index in [0.717, 1.165) is 6.54 Å². The molecule has 1 aromatic carbocycles. The number of rotatable bonds is 2. The SMILES string of the molecule is O=S(=O)(O)c1ccc2[nH]c(NC3=NCCN3)nc2c1. The average Bonchev–Trinajstić information content (AvgIpc) is 2.95. The molecule has 0 saturated heterocycles. The second-order valence-electron chi connectivity index (χ2n) is 4.02. The Morgan fingerprint density at radius 2 is 2.21 bits per heavy atom. The number of anilines is 1. The number of H-pyrrole nitrogens is 1. The summed E-state index contributed by atoms with van der Waals surface area (Å²) in [6.07, 6.45) is 0. The number of hydrogen-bond donors (Lipinski definition) is 4. The number of aliphatic imine (C=N–C) groups is 1. The minimum absolute atomic E-state index is 0.186. The molecule has 0 amide bonds. The quantitative estimate of drug-likeness (QED) is 0.583. The molecule has 2 aromatic rings. The van der Waals surface area contributed by atoms with Crippen LogP contribution in [0, 0.1) is 0 Å². The van der Waals surface area contributed by atoms with Crippen LogP contribution in [0.1, 0.15) is 0 Å². The Morgan fingerprint density at radius 1 is 1.37 bits per heavy atom. The molecular weight excluding hydrogens is 270 g/mol. The predicted octanol–water partition coefficient (Wildman–Crippen LogP) is 0.181. The van der Waals surface area contributed by atoms with E-state index in [1.807, 2.05) is 0 Å². The molecule has 2 heterocycles. The molecule has 0 aliphatic carbocycles. The Bertz CT molecular complexity index is 765. The minimum atomic E-state index is -4.22. The zero-order chi connectivity index (χ0) is 13.5. The number of hydrogen-bond acceptors (Lipinski definition) is 6. The molecule has 0 fully saturated rings. The van der Waals surface area contributed by atoms with Gasteiger partial charge in [-0.05, 0) is 18.2 Å². The van der Waals surface area contributed by atoms with Crippen molar-refractivity contribution in [2.45, 2.75) is 4.90 Å². The molecule has 0 unspecified atom stereocenters. The van der Waals surface area contributed by atoms with Crippen LogP contribution in [-0.4, -0.2) is 42.0 Å². The van der Waals surface area contributed by atoms with Gasteiger partial charge in [-0.1, -0.05) is 0 Å². The van der Waals surface area contributed by atoms with Gasteiger partial charge < -0.3 is 10.3 Å². The van der Waals surface area contributed by atoms with E-state index >= 15 is 0 Å². The van der Waals surface area contributed by atoms with Crippen molar-refractivity contribution in [2.75, 3.05) is 18.4 Å². The average molecular weight is 281 g/mol. The first-order chi connectivity index (χ1) is 9.02. The maximum Gasteiger partial charge on any atom is 0.294 e. The highest BCUT2D eigenvalue weighted by atomic mass is 32.2. The highest BCUT2D eigenvalue weighted by Crippen LogP contribution is 2.18. The van der Waals surface area contributed by atoms with E-state index in [9.17, 15) is 8.42 Å². The summed E-state index contributed by atoms with van der Waals surface area (Å²) in [7, 11) is -4.22. The van der Waals surface area contributed by atoms with Gasteiger partial charge in [-0.25, -0.2) is 4.98 Å². The van der Waals surface area contributed by atoms with Crippen molar-refractivity contribution in [1.29, 1.82) is 0 Å². The molecule has 8 nitrogen and oxygen atoms in total. The van der Waals surface area contributed by atoms with Gasteiger partial charge in [0, 0.05) is 6.54 Å². The van der Waals surface area contributed by atoms with Gasteiger partial charge >= 0.3 is 0 Å². The topological polar surface area (TPSA) is 119 Å². The van der Waals surface area contributed by atoms with Crippen molar-refractivity contribution in [3.63, 3.8) is 0 Å². The van der Waals surface area contributed by atoms with Crippen LogP contribution in [0.25, 0.3) is 11.0 Å². The van der Waals surface area contributed by atoms with E-state index < -0.39 is 10.1 Å². The van der Waals surface area contributed by atoms with Crippen LogP contribution in [0.4, 0.5) is 5.95 Å². The Kier molecular flexibility index (Phi) is 2.64. The van der Waals surface area contributed by atoms with Gasteiger partial charge in [-0.2, -0.15) is 8.42 Å². The number of fused-ring (bicyclic) bond motifs is 1. The summed E-state index contributed by atoms with van der Waals surface area (Å²) in [6.45, 7) is 1.48. The summed E-state index contributed by atoms with van der Waals surface area (Å²) >= 11 is 0. The molecule has 1 aromatic heterocycles. The monoisotopic (exact) mass is 281 g/mol. The van der Waals surface area contributed by atoms with Crippen LogP contribution in [0.15, 0.2) is 28.1 Å². The normalized spacial score (nSPS) is 15.3. The number of nitrogens with zero attached hydrogens (tertiary/aromatic N) is 2. The Hall–Kier alpha value is -2.13. The third kappa shape index (κ3) is 2.37. The fourth-order valence-electron chi connectivity index (χ4n) is 1.80. The Morgan fingerprint density at radius 3 is 2.89 bits per heavy atom. The van der Waals surface area contributed by atoms with Gasteiger partial charge in [0.25, 0.3) is 10.1 Å². The van der Waals surface area contributed by atoms with Crippen molar-refractivity contribution >= 4 is 33.1 Å². The molecular formula is C10H11N5O3S. The molecule has 0 atom stereocenters. The highest BCUT2D eigenvalue weighted by Gasteiger charge is 2.13. The van der Waals surface area contributed by atoms with E-state index in [2.05, 4.69) is 25.6 Å². The van der Waals surface area contributed by atoms with E-state index in [1.54, 1.807) is 6.07 Å². The van der Waals surface area contributed by atoms with Crippen molar-refractivity contribution in [3.8, 4) is 0 Å². The smallest absolute Gasteiger partial charge is 0.294 e. The lowest BCUT2D eigenvalue weighted by atomic mass is 10.3. The van der Waals surface area contributed by atoms with Gasteiger partial charge in [0.2, 0.25) is 5.95 Å². The van der Waals surface area contributed by atoms with Crippen molar-refractivity contribution in [1.82, 2.24) is 15.3 Å². The first-order valence-corrected chi connectivity index (χ1v) is 6.99. The van der Waals surface area contributed by atoms with E-state index in [-0.39, 0.29) is 4.90 Å². The van der Waals surface area contributed by atoms with Gasteiger partial charge in [0.15, 0.2) is 5.96 Å². The maximum atomic E-state index is 11.0. The molecule has 1 aliphatic rings. The summed E-state index contributed by atoms with van der Waals surface area (Å²) in [5.74, 6) is 1.07. The molecule has 0 bridgehead atoms. The largest absolute Gasteiger partial charge is 0.354 e. The standard InChI is InChI=1S/C10H11N5O3S/c16-19(17,18)6-1-2-7-8(5-6)14-10(13-7)15-9-11-3-4-12-9/h1-2,5H,3-4H2,(H,16,17,18)(H3,11,12,13,14,15). The molecule has 3 rings (SSSR count). The third-order valence-electron chi connectivity index (χ3n) is 2.66. The Labute approximate surface area is 108 Å². The summed E-state index contributed by atoms with van der Waals surface area (Å²) in [5.41, 5.74) is 1.10. The number of aromatic nitrogens is 2. The molecule has 1 aliphatic heterocycles. The summed E-state index contributed by atoms with van der Waals surface area (Å²) in [4.78, 5) is 11.1. The molecule has 19 heavy (non-hydrogen) atoms. The highest BCUT2D eigenvalue weighted by molar-refractivity contribution is 7.85. The second-order valence-corrected chi connectivity index (χ2v) is 5.44. The lowest BCUT2D eigenvalue weighted by molar-refractivity contribution is 0.483. The summed E-state index contributed by atoms with van der Waals surface area (Å²) in [5, 5.41) is 5.98. The number of nitrogens with one attached hydrogen (secondary N) is 3. The number of aromatic amines is 1. The molecule has 0 spiro atoms. The fraction of sp³-hybridized carbons (Fsp3) is 0.200. The first-order valence-electron chi connectivity index (χ1n) is 5.55. The van der Waals surface area contributed by atoms with Crippen LogP contribution in [0.5, 0.6) is 0 Å². The number of imidazole rings is 1. The maximum absolute atomic E-state index is 11.0. The first kappa shape index (κ1) is 11.9. The molecule has 100 valence electrons. The summed E-state index contributed by atoms with van der Waals surface area (Å²) in [6, 6.07) is 4.15. The van der Waals surface area contributed by atoms with Gasteiger partial charge in [-0.3, -0.25) is 14.9 Å². The zero-order valence-corrected chi connectivity index (χ0v) is 10.5. The van der Waals surface area contributed by atoms with Crippen molar-refractivity contribution < 1.29 is 13.0 Å². The number of guanidine groups is 1. The van der Waals surface area contributed by atoms with Crippen LogP contribution in [0.3, 0.4) is 0 Å². The van der Waals surface area contributed by atoms with Crippen molar-refractivity contribution in [3.05, 3.63) is 18.2 Å². The van der Waals surface area contributed by atoms with Crippen LogP contribution in [-0.2, 0) is 10.1 Å². The molecule has 9 heteroatoms. The van der Waals surface area contributed by atoms with Gasteiger partial charge in [0.05, 0.1) is 22.5 Å². The fourth-order valence-corrected chi connectivity index (χ4v) is 2.30. The molecule has 0 radical (unpaired) electrons. The van der Waals surface area contributed by atoms with Crippen LogP contribution in [0.2, 0.25) is 0 Å².